The lowest BCUT2D eigenvalue weighted by molar-refractivity contribution is -0.137. The van der Waals surface area contributed by atoms with Gasteiger partial charge in [-0.1, -0.05) is 39.3 Å². The lowest BCUT2D eigenvalue weighted by Gasteiger charge is -2.58. The first kappa shape index (κ1) is 20.7. The molecule has 0 bridgehead atoms. The molecule has 2 rings (SSSR count). The number of aliphatic carboxylic acids is 2. The third-order valence-electron chi connectivity index (χ3n) is 6.20. The van der Waals surface area contributed by atoms with Gasteiger partial charge in [0.15, 0.2) is 0 Å². The minimum Gasteiger partial charge on any atom is -0.481 e. The van der Waals surface area contributed by atoms with E-state index in [1.165, 1.54) is 31.3 Å². The maximum absolute atomic E-state index is 10.8. The molecular weight excluding hydrogens is 304 g/mol. The van der Waals surface area contributed by atoms with Crippen molar-refractivity contribution in [2.24, 2.45) is 22.7 Å². The molecule has 0 aromatic rings. The Kier molecular flexibility index (Phi) is 7.06. The van der Waals surface area contributed by atoms with Crippen LogP contribution in [0.5, 0.6) is 0 Å². The molecule has 0 saturated heterocycles. The van der Waals surface area contributed by atoms with Crippen molar-refractivity contribution < 1.29 is 19.8 Å². The normalized spacial score (nSPS) is 31.4. The van der Waals surface area contributed by atoms with Crippen LogP contribution < -0.4 is 0 Å². The van der Waals surface area contributed by atoms with Crippen LogP contribution in [-0.4, -0.2) is 22.2 Å². The maximum Gasteiger partial charge on any atom is 0.303 e. The van der Waals surface area contributed by atoms with E-state index in [1.54, 1.807) is 0 Å². The molecule has 4 heteroatoms. The fraction of sp³-hybridized carbons (Fsp3) is 0.800. The first-order valence-electron chi connectivity index (χ1n) is 9.09. The molecule has 2 aliphatic rings. The van der Waals surface area contributed by atoms with Gasteiger partial charge in [0.2, 0.25) is 0 Å². The van der Waals surface area contributed by atoms with Crippen molar-refractivity contribution in [3.05, 3.63) is 12.2 Å². The Labute approximate surface area is 146 Å². The monoisotopic (exact) mass is 338 g/mol. The van der Waals surface area contributed by atoms with Gasteiger partial charge in [-0.2, -0.15) is 0 Å². The van der Waals surface area contributed by atoms with Gasteiger partial charge < -0.3 is 10.2 Å². The summed E-state index contributed by atoms with van der Waals surface area (Å²) in [6.45, 7) is 12.7. The topological polar surface area (TPSA) is 74.6 Å². The van der Waals surface area contributed by atoms with Crippen LogP contribution in [0.15, 0.2) is 12.2 Å². The molecule has 0 aromatic carbocycles. The third-order valence-corrected chi connectivity index (χ3v) is 6.20. The molecule has 0 aliphatic heterocycles. The van der Waals surface area contributed by atoms with Crippen molar-refractivity contribution >= 4 is 11.9 Å². The summed E-state index contributed by atoms with van der Waals surface area (Å²) in [4.78, 5) is 19.8. The maximum atomic E-state index is 10.8. The van der Waals surface area contributed by atoms with E-state index in [9.17, 15) is 4.79 Å². The van der Waals surface area contributed by atoms with Gasteiger partial charge in [0.05, 0.1) is 0 Å². The number of carboxylic acid groups (broad SMARTS) is 2. The summed E-state index contributed by atoms with van der Waals surface area (Å²) in [6, 6.07) is 0. The average molecular weight is 338 g/mol. The third kappa shape index (κ3) is 5.09. The highest BCUT2D eigenvalue weighted by Crippen LogP contribution is 2.61. The van der Waals surface area contributed by atoms with Crippen LogP contribution in [0.25, 0.3) is 0 Å². The fourth-order valence-corrected chi connectivity index (χ4v) is 5.27. The van der Waals surface area contributed by atoms with Gasteiger partial charge in [0.1, 0.15) is 0 Å². The minimum absolute atomic E-state index is 0.300. The summed E-state index contributed by atoms with van der Waals surface area (Å²) in [7, 11) is 0. The molecule has 24 heavy (non-hydrogen) atoms. The van der Waals surface area contributed by atoms with Crippen molar-refractivity contribution in [3.8, 4) is 0 Å². The lowest BCUT2D eigenvalue weighted by Crippen LogP contribution is -2.49. The lowest BCUT2D eigenvalue weighted by atomic mass is 9.47. The second-order valence-electron chi connectivity index (χ2n) is 8.46. The van der Waals surface area contributed by atoms with Crippen molar-refractivity contribution in [2.45, 2.75) is 79.1 Å². The fourth-order valence-electron chi connectivity index (χ4n) is 5.27. The van der Waals surface area contributed by atoms with Gasteiger partial charge >= 0.3 is 5.97 Å². The highest BCUT2D eigenvalue weighted by Gasteiger charge is 2.52. The number of fused-ring (bicyclic) bond motifs is 1. The molecule has 2 N–H and O–H groups in total. The molecule has 0 radical (unpaired) electrons. The molecule has 138 valence electrons. The zero-order valence-electron chi connectivity index (χ0n) is 15.7. The Hall–Kier alpha value is -1.32. The highest BCUT2D eigenvalue weighted by atomic mass is 16.4. The van der Waals surface area contributed by atoms with Crippen molar-refractivity contribution in [2.75, 3.05) is 0 Å². The van der Waals surface area contributed by atoms with E-state index in [1.807, 2.05) is 0 Å². The second kappa shape index (κ2) is 8.17. The Balaban J connectivity index is 0.000000648. The van der Waals surface area contributed by atoms with E-state index in [0.29, 0.717) is 23.2 Å². The van der Waals surface area contributed by atoms with Crippen molar-refractivity contribution in [3.63, 3.8) is 0 Å². The number of hydrogen-bond donors (Lipinski definition) is 2. The highest BCUT2D eigenvalue weighted by molar-refractivity contribution is 5.66. The molecular formula is C20H34O4. The van der Waals surface area contributed by atoms with Crippen LogP contribution in [0.3, 0.4) is 0 Å². The summed E-state index contributed by atoms with van der Waals surface area (Å²) in [5.74, 6) is -0.207. The Morgan fingerprint density at radius 1 is 1.21 bits per heavy atom. The van der Waals surface area contributed by atoms with E-state index in [0.717, 1.165) is 32.1 Å². The zero-order valence-corrected chi connectivity index (χ0v) is 15.7. The predicted molar refractivity (Wildman–Crippen MR) is 95.9 cm³/mol. The molecule has 2 aliphatic carbocycles. The molecule has 0 aromatic heterocycles. The molecule has 0 unspecified atom stereocenters. The average Bonchev–Trinajstić information content (AvgIpc) is 2.40. The van der Waals surface area contributed by atoms with Crippen molar-refractivity contribution in [1.29, 1.82) is 0 Å². The number of rotatable bonds is 4. The molecule has 2 fully saturated rings. The van der Waals surface area contributed by atoms with E-state index in [-0.39, 0.29) is 0 Å². The van der Waals surface area contributed by atoms with E-state index in [2.05, 4.69) is 27.4 Å². The number of hydrogen-bond acceptors (Lipinski definition) is 2. The van der Waals surface area contributed by atoms with Gasteiger partial charge in [0.25, 0.3) is 5.97 Å². The van der Waals surface area contributed by atoms with Crippen LogP contribution in [-0.2, 0) is 9.59 Å². The number of carbonyl (C=O) groups is 2. The molecule has 0 amide bonds. The quantitative estimate of drug-likeness (QED) is 0.697. The van der Waals surface area contributed by atoms with Crippen LogP contribution >= 0.6 is 0 Å². The van der Waals surface area contributed by atoms with Crippen molar-refractivity contribution in [1.82, 2.24) is 0 Å². The van der Waals surface area contributed by atoms with E-state index < -0.39 is 11.9 Å². The summed E-state index contributed by atoms with van der Waals surface area (Å²) >= 11 is 0. The summed E-state index contributed by atoms with van der Waals surface area (Å²) < 4.78 is 0. The predicted octanol–water partition coefficient (Wildman–Crippen LogP) is 5.13. The van der Waals surface area contributed by atoms with Crippen LogP contribution in [0.4, 0.5) is 0 Å². The molecule has 2 saturated carbocycles. The summed E-state index contributed by atoms with van der Waals surface area (Å²) in [5.41, 5.74) is 2.15. The summed E-state index contributed by atoms with van der Waals surface area (Å²) in [6.07, 6.45) is 8.45. The first-order chi connectivity index (χ1) is 11.0. The number of allylic oxidation sites excluding steroid dienone is 1. The van der Waals surface area contributed by atoms with Gasteiger partial charge in [-0.3, -0.25) is 9.59 Å². The van der Waals surface area contributed by atoms with E-state index >= 15 is 0 Å². The zero-order chi connectivity index (χ0) is 18.5. The molecule has 4 nitrogen and oxygen atoms in total. The second-order valence-corrected chi connectivity index (χ2v) is 8.46. The molecule has 0 spiro atoms. The first-order valence-corrected chi connectivity index (χ1v) is 9.09. The standard InChI is InChI=1S/C18H30O2.C2H4O2/c1-13-9-10-15-17(2,3)11-6-12-18(15,4)14(13)7-5-8-16(19)20;1-2(3)4/h14-15H,1,5-12H2,2-4H3,(H,19,20);1H3,(H,3,4)/t14-,15-,18+;/m0./s1. The minimum atomic E-state index is -0.833. The van der Waals surface area contributed by atoms with Crippen LogP contribution in [0, 0.1) is 22.7 Å². The van der Waals surface area contributed by atoms with Gasteiger partial charge in [0, 0.05) is 13.3 Å². The molecule has 0 heterocycles. The van der Waals surface area contributed by atoms with Gasteiger partial charge in [-0.15, -0.1) is 0 Å². The van der Waals surface area contributed by atoms with Crippen LogP contribution in [0.2, 0.25) is 0 Å². The van der Waals surface area contributed by atoms with Gasteiger partial charge in [-0.05, 0) is 61.2 Å². The van der Waals surface area contributed by atoms with Crippen LogP contribution in [0.1, 0.15) is 79.1 Å². The van der Waals surface area contributed by atoms with E-state index in [4.69, 9.17) is 15.0 Å². The Morgan fingerprint density at radius 2 is 1.79 bits per heavy atom. The molecule has 3 atom stereocenters. The smallest absolute Gasteiger partial charge is 0.303 e. The Morgan fingerprint density at radius 3 is 2.33 bits per heavy atom. The van der Waals surface area contributed by atoms with Gasteiger partial charge in [-0.25, -0.2) is 0 Å². The summed E-state index contributed by atoms with van der Waals surface area (Å²) in [5, 5.41) is 16.3. The Bertz CT molecular complexity index is 476. The SMILES string of the molecule is C=C1CC[C@H]2C(C)(C)CCC[C@]2(C)[C@H]1CCCC(=O)O.CC(=O)O. The largest absolute Gasteiger partial charge is 0.481 e. The number of carboxylic acids is 2.